The zero-order valence-corrected chi connectivity index (χ0v) is 11.2. The fourth-order valence-corrected chi connectivity index (χ4v) is 2.37. The molecule has 0 aliphatic rings. The van der Waals surface area contributed by atoms with E-state index in [4.69, 9.17) is 4.42 Å². The highest BCUT2D eigenvalue weighted by atomic mass is 16.3. The molecule has 0 aliphatic carbocycles. The van der Waals surface area contributed by atoms with E-state index >= 15 is 0 Å². The SMILES string of the molecule is CCNCc1oc2c(C)ccc(C)c2c1CC. The van der Waals surface area contributed by atoms with E-state index in [2.05, 4.69) is 45.1 Å². The third kappa shape index (κ3) is 2.09. The van der Waals surface area contributed by atoms with Crippen molar-refractivity contribution in [2.24, 2.45) is 0 Å². The number of hydrogen-bond acceptors (Lipinski definition) is 2. The lowest BCUT2D eigenvalue weighted by Crippen LogP contribution is -2.12. The second-order valence-electron chi connectivity index (χ2n) is 4.54. The van der Waals surface area contributed by atoms with Gasteiger partial charge in [0.1, 0.15) is 11.3 Å². The Morgan fingerprint density at radius 3 is 2.47 bits per heavy atom. The van der Waals surface area contributed by atoms with E-state index in [0.29, 0.717) is 0 Å². The second kappa shape index (κ2) is 4.92. The van der Waals surface area contributed by atoms with Crippen molar-refractivity contribution in [3.63, 3.8) is 0 Å². The highest BCUT2D eigenvalue weighted by Crippen LogP contribution is 2.31. The number of hydrogen-bond donors (Lipinski definition) is 1. The van der Waals surface area contributed by atoms with Crippen LogP contribution in [0.5, 0.6) is 0 Å². The summed E-state index contributed by atoms with van der Waals surface area (Å²) in [6.07, 6.45) is 1.03. The third-order valence-corrected chi connectivity index (χ3v) is 3.32. The molecule has 17 heavy (non-hydrogen) atoms. The minimum Gasteiger partial charge on any atom is -0.459 e. The molecule has 1 N–H and O–H groups in total. The second-order valence-corrected chi connectivity index (χ2v) is 4.54. The zero-order valence-electron chi connectivity index (χ0n) is 11.2. The lowest BCUT2D eigenvalue weighted by molar-refractivity contribution is 0.513. The van der Waals surface area contributed by atoms with Crippen LogP contribution in [0.3, 0.4) is 0 Å². The molecule has 1 heterocycles. The van der Waals surface area contributed by atoms with Crippen molar-refractivity contribution >= 4 is 11.0 Å². The predicted molar refractivity (Wildman–Crippen MR) is 72.4 cm³/mol. The minimum atomic E-state index is 0.827. The van der Waals surface area contributed by atoms with Gasteiger partial charge in [-0.1, -0.05) is 26.0 Å². The topological polar surface area (TPSA) is 25.2 Å². The minimum absolute atomic E-state index is 0.827. The van der Waals surface area contributed by atoms with Crippen LogP contribution in [0.2, 0.25) is 0 Å². The van der Waals surface area contributed by atoms with Crippen LogP contribution in [0.25, 0.3) is 11.0 Å². The van der Waals surface area contributed by atoms with Gasteiger partial charge in [-0.25, -0.2) is 0 Å². The van der Waals surface area contributed by atoms with Gasteiger partial charge in [0.15, 0.2) is 0 Å². The van der Waals surface area contributed by atoms with Gasteiger partial charge in [-0.2, -0.15) is 0 Å². The van der Waals surface area contributed by atoms with Crippen molar-refractivity contribution in [2.75, 3.05) is 6.54 Å². The van der Waals surface area contributed by atoms with Gasteiger partial charge in [0.05, 0.1) is 6.54 Å². The van der Waals surface area contributed by atoms with Crippen LogP contribution in [-0.4, -0.2) is 6.54 Å². The molecule has 0 radical (unpaired) electrons. The molecular formula is C15H21NO. The normalized spacial score (nSPS) is 11.3. The molecule has 2 rings (SSSR count). The number of furan rings is 1. The summed E-state index contributed by atoms with van der Waals surface area (Å²) in [5, 5.41) is 4.67. The monoisotopic (exact) mass is 231 g/mol. The van der Waals surface area contributed by atoms with Crippen molar-refractivity contribution in [2.45, 2.75) is 40.7 Å². The van der Waals surface area contributed by atoms with E-state index in [0.717, 1.165) is 30.9 Å². The van der Waals surface area contributed by atoms with E-state index in [9.17, 15) is 0 Å². The van der Waals surface area contributed by atoms with E-state index in [-0.39, 0.29) is 0 Å². The highest BCUT2D eigenvalue weighted by Gasteiger charge is 2.15. The Morgan fingerprint density at radius 1 is 1.12 bits per heavy atom. The summed E-state index contributed by atoms with van der Waals surface area (Å²) in [6.45, 7) is 10.4. The van der Waals surface area contributed by atoms with Crippen molar-refractivity contribution < 1.29 is 4.42 Å². The Hall–Kier alpha value is -1.28. The molecule has 0 amide bonds. The maximum atomic E-state index is 6.04. The van der Waals surface area contributed by atoms with Gasteiger partial charge in [-0.05, 0) is 37.9 Å². The molecule has 0 bridgehead atoms. The Balaban J connectivity index is 2.62. The van der Waals surface area contributed by atoms with Gasteiger partial charge in [0, 0.05) is 10.9 Å². The maximum Gasteiger partial charge on any atom is 0.137 e. The smallest absolute Gasteiger partial charge is 0.137 e. The van der Waals surface area contributed by atoms with Crippen molar-refractivity contribution in [3.05, 3.63) is 34.6 Å². The molecule has 0 unspecified atom stereocenters. The number of rotatable bonds is 4. The molecule has 1 aromatic carbocycles. The summed E-state index contributed by atoms with van der Waals surface area (Å²) in [4.78, 5) is 0. The number of fused-ring (bicyclic) bond motifs is 1. The van der Waals surface area contributed by atoms with Gasteiger partial charge in [0.2, 0.25) is 0 Å². The summed E-state index contributed by atoms with van der Waals surface area (Å²) < 4.78 is 6.04. The first kappa shape index (κ1) is 12.2. The molecule has 92 valence electrons. The molecule has 0 atom stereocenters. The third-order valence-electron chi connectivity index (χ3n) is 3.32. The first-order chi connectivity index (χ1) is 8.19. The average molecular weight is 231 g/mol. The van der Waals surface area contributed by atoms with Crippen molar-refractivity contribution in [1.82, 2.24) is 5.32 Å². The lowest BCUT2D eigenvalue weighted by atomic mass is 10.0. The van der Waals surface area contributed by atoms with Crippen LogP contribution in [0, 0.1) is 13.8 Å². The van der Waals surface area contributed by atoms with Crippen LogP contribution in [0.15, 0.2) is 16.5 Å². The van der Waals surface area contributed by atoms with E-state index in [1.54, 1.807) is 0 Å². The molecule has 0 fully saturated rings. The molecule has 0 saturated carbocycles. The number of aryl methyl sites for hydroxylation is 3. The summed E-state index contributed by atoms with van der Waals surface area (Å²) in [5.74, 6) is 1.10. The van der Waals surface area contributed by atoms with E-state index in [1.165, 1.54) is 22.1 Å². The van der Waals surface area contributed by atoms with Gasteiger partial charge in [-0.3, -0.25) is 0 Å². The Kier molecular flexibility index (Phi) is 3.53. The molecule has 2 heteroatoms. The standard InChI is InChI=1S/C15H21NO/c1-5-12-13(9-16-6-2)17-15-11(4)8-7-10(3)14(12)15/h7-8,16H,5-6,9H2,1-4H3. The van der Waals surface area contributed by atoms with Crippen LogP contribution < -0.4 is 5.32 Å². The lowest BCUT2D eigenvalue weighted by Gasteiger charge is -2.02. The van der Waals surface area contributed by atoms with Crippen LogP contribution >= 0.6 is 0 Å². The van der Waals surface area contributed by atoms with E-state index < -0.39 is 0 Å². The summed E-state index contributed by atoms with van der Waals surface area (Å²) in [5.41, 5.74) is 4.97. The first-order valence-corrected chi connectivity index (χ1v) is 6.40. The Labute approximate surface area is 103 Å². The van der Waals surface area contributed by atoms with Gasteiger partial charge in [0.25, 0.3) is 0 Å². The number of benzene rings is 1. The molecule has 0 aliphatic heterocycles. The van der Waals surface area contributed by atoms with Crippen molar-refractivity contribution in [1.29, 1.82) is 0 Å². The van der Waals surface area contributed by atoms with Gasteiger partial charge >= 0.3 is 0 Å². The van der Waals surface area contributed by atoms with Gasteiger partial charge < -0.3 is 9.73 Å². The fraction of sp³-hybridized carbons (Fsp3) is 0.467. The summed E-state index contributed by atoms with van der Waals surface area (Å²) in [7, 11) is 0. The number of nitrogens with one attached hydrogen (secondary N) is 1. The first-order valence-electron chi connectivity index (χ1n) is 6.40. The summed E-state index contributed by atoms with van der Waals surface area (Å²) in [6, 6.07) is 4.32. The fourth-order valence-electron chi connectivity index (χ4n) is 2.37. The average Bonchev–Trinajstić information content (AvgIpc) is 2.71. The molecule has 0 spiro atoms. The van der Waals surface area contributed by atoms with Crippen molar-refractivity contribution in [3.8, 4) is 0 Å². The predicted octanol–water partition coefficient (Wildman–Crippen LogP) is 3.72. The largest absolute Gasteiger partial charge is 0.459 e. The highest BCUT2D eigenvalue weighted by molar-refractivity contribution is 5.88. The summed E-state index contributed by atoms with van der Waals surface area (Å²) >= 11 is 0. The molecule has 0 saturated heterocycles. The molecular weight excluding hydrogens is 210 g/mol. The molecule has 2 aromatic rings. The quantitative estimate of drug-likeness (QED) is 0.867. The molecule has 2 nitrogen and oxygen atoms in total. The Bertz CT molecular complexity index is 525. The van der Waals surface area contributed by atoms with Crippen LogP contribution in [-0.2, 0) is 13.0 Å². The maximum absolute atomic E-state index is 6.04. The Morgan fingerprint density at radius 2 is 1.82 bits per heavy atom. The zero-order chi connectivity index (χ0) is 12.4. The van der Waals surface area contributed by atoms with Crippen LogP contribution in [0.4, 0.5) is 0 Å². The molecule has 1 aromatic heterocycles. The van der Waals surface area contributed by atoms with E-state index in [1.807, 2.05) is 0 Å². The van der Waals surface area contributed by atoms with Crippen LogP contribution in [0.1, 0.15) is 36.3 Å². The van der Waals surface area contributed by atoms with Gasteiger partial charge in [-0.15, -0.1) is 0 Å².